The van der Waals surface area contributed by atoms with Crippen molar-refractivity contribution in [1.29, 1.82) is 0 Å². The van der Waals surface area contributed by atoms with E-state index in [0.717, 1.165) is 37.6 Å². The van der Waals surface area contributed by atoms with Crippen LogP contribution in [0.2, 0.25) is 0 Å². The summed E-state index contributed by atoms with van der Waals surface area (Å²) in [6.45, 7) is 2.68. The lowest BCUT2D eigenvalue weighted by Crippen LogP contribution is -2.15. The van der Waals surface area contributed by atoms with Crippen LogP contribution in [0.15, 0.2) is 36.9 Å². The van der Waals surface area contributed by atoms with E-state index in [4.69, 9.17) is 4.74 Å². The number of aromatic nitrogens is 3. The summed E-state index contributed by atoms with van der Waals surface area (Å²) in [4.78, 5) is 3.98. The monoisotopic (exact) mass is 244 g/mol. The largest absolute Gasteiger partial charge is 0.383 e. The van der Waals surface area contributed by atoms with E-state index in [9.17, 15) is 0 Å². The average Bonchev–Trinajstić information content (AvgIpc) is 3.10. The minimum Gasteiger partial charge on any atom is -0.383 e. The highest BCUT2D eigenvalue weighted by atomic mass is 16.5. The quantitative estimate of drug-likeness (QED) is 0.889. The van der Waals surface area contributed by atoms with E-state index < -0.39 is 0 Å². The molecule has 18 heavy (non-hydrogen) atoms. The maximum atomic E-state index is 5.38. The van der Waals surface area contributed by atoms with Crippen LogP contribution >= 0.6 is 0 Å². The first-order valence-electron chi connectivity index (χ1n) is 6.19. The van der Waals surface area contributed by atoms with Crippen molar-refractivity contribution in [1.82, 2.24) is 14.8 Å². The van der Waals surface area contributed by atoms with Crippen molar-refractivity contribution in [2.45, 2.75) is 6.42 Å². The Bertz CT molecular complexity index is 491. The maximum Gasteiger partial charge on any atom is 0.138 e. The van der Waals surface area contributed by atoms with Gasteiger partial charge in [0.05, 0.1) is 18.0 Å². The number of hydrogen-bond donors (Lipinski definition) is 1. The summed E-state index contributed by atoms with van der Waals surface area (Å²) in [6, 6.07) is 8.11. The number of ether oxygens (including phenoxy) is 1. The molecule has 1 aliphatic heterocycles. The predicted molar refractivity (Wildman–Crippen MR) is 68.8 cm³/mol. The Morgan fingerprint density at radius 1 is 1.39 bits per heavy atom. The highest BCUT2D eigenvalue weighted by Crippen LogP contribution is 2.20. The van der Waals surface area contributed by atoms with Gasteiger partial charge in [0.1, 0.15) is 12.7 Å². The summed E-state index contributed by atoms with van der Waals surface area (Å²) < 4.78 is 7.15. The third-order valence-corrected chi connectivity index (χ3v) is 3.17. The van der Waals surface area contributed by atoms with Crippen molar-refractivity contribution >= 4 is 5.69 Å². The first-order valence-corrected chi connectivity index (χ1v) is 6.19. The summed E-state index contributed by atoms with van der Waals surface area (Å²) in [5, 5.41) is 7.64. The average molecular weight is 244 g/mol. The molecule has 1 aliphatic rings. The normalized spacial score (nSPS) is 19.0. The lowest BCUT2D eigenvalue weighted by molar-refractivity contribution is 0.187. The maximum absolute atomic E-state index is 5.38. The molecule has 1 aromatic carbocycles. The number of nitrogens with zero attached hydrogens (tertiary/aromatic N) is 3. The molecule has 1 unspecified atom stereocenters. The van der Waals surface area contributed by atoms with Gasteiger partial charge in [-0.1, -0.05) is 12.1 Å². The third-order valence-electron chi connectivity index (χ3n) is 3.17. The third kappa shape index (κ3) is 2.36. The molecule has 1 saturated heterocycles. The van der Waals surface area contributed by atoms with Gasteiger partial charge in [0.25, 0.3) is 0 Å². The van der Waals surface area contributed by atoms with Gasteiger partial charge in [-0.05, 0) is 18.6 Å². The second kappa shape index (κ2) is 5.18. The van der Waals surface area contributed by atoms with Crippen molar-refractivity contribution in [3.63, 3.8) is 0 Å². The van der Waals surface area contributed by atoms with Crippen LogP contribution in [0.4, 0.5) is 5.69 Å². The van der Waals surface area contributed by atoms with Crippen LogP contribution in [0.25, 0.3) is 5.69 Å². The minimum atomic E-state index is 0.605. The molecule has 2 heterocycles. The van der Waals surface area contributed by atoms with Crippen molar-refractivity contribution < 1.29 is 4.74 Å². The smallest absolute Gasteiger partial charge is 0.138 e. The fourth-order valence-electron chi connectivity index (χ4n) is 2.15. The molecule has 1 atom stereocenters. The van der Waals surface area contributed by atoms with Gasteiger partial charge in [0.15, 0.2) is 0 Å². The molecule has 0 bridgehead atoms. The van der Waals surface area contributed by atoms with Gasteiger partial charge in [0, 0.05) is 19.1 Å². The molecule has 0 aliphatic carbocycles. The van der Waals surface area contributed by atoms with E-state index in [1.165, 1.54) is 0 Å². The van der Waals surface area contributed by atoms with E-state index in [1.54, 1.807) is 17.3 Å². The number of nitrogens with one attached hydrogen (secondary N) is 1. The highest BCUT2D eigenvalue weighted by Gasteiger charge is 2.15. The number of hydrogen-bond acceptors (Lipinski definition) is 4. The molecule has 1 aromatic heterocycles. The van der Waals surface area contributed by atoms with E-state index in [2.05, 4.69) is 21.5 Å². The zero-order valence-electron chi connectivity index (χ0n) is 10.1. The van der Waals surface area contributed by atoms with E-state index in [1.807, 2.05) is 18.2 Å². The van der Waals surface area contributed by atoms with E-state index in [-0.39, 0.29) is 0 Å². The van der Waals surface area contributed by atoms with Crippen LogP contribution in [0.3, 0.4) is 0 Å². The SMILES string of the molecule is c1ccc(-n2cncn2)c(NCC2CCOC2)c1. The van der Waals surface area contributed by atoms with Gasteiger partial charge in [-0.3, -0.25) is 0 Å². The molecular weight excluding hydrogens is 228 g/mol. The molecule has 0 amide bonds. The molecule has 5 heteroatoms. The Balaban J connectivity index is 1.75. The lowest BCUT2D eigenvalue weighted by Gasteiger charge is -2.14. The van der Waals surface area contributed by atoms with Gasteiger partial charge < -0.3 is 10.1 Å². The second-order valence-corrected chi connectivity index (χ2v) is 4.47. The van der Waals surface area contributed by atoms with Gasteiger partial charge in [0.2, 0.25) is 0 Å². The molecule has 5 nitrogen and oxygen atoms in total. The molecule has 2 aromatic rings. The fraction of sp³-hybridized carbons (Fsp3) is 0.385. The van der Waals surface area contributed by atoms with E-state index >= 15 is 0 Å². The zero-order chi connectivity index (χ0) is 12.2. The fourth-order valence-corrected chi connectivity index (χ4v) is 2.15. The molecule has 1 N–H and O–H groups in total. The molecule has 0 radical (unpaired) electrons. The molecule has 94 valence electrons. The van der Waals surface area contributed by atoms with Crippen LogP contribution in [0.1, 0.15) is 6.42 Å². The Morgan fingerprint density at radius 2 is 2.33 bits per heavy atom. The Kier molecular flexibility index (Phi) is 3.23. The molecular formula is C13H16N4O. The van der Waals surface area contributed by atoms with Crippen LogP contribution in [0, 0.1) is 5.92 Å². The first kappa shape index (κ1) is 11.2. The summed E-state index contributed by atoms with van der Waals surface area (Å²) in [6.07, 6.45) is 4.39. The lowest BCUT2D eigenvalue weighted by atomic mass is 10.1. The molecule has 0 saturated carbocycles. The van der Waals surface area contributed by atoms with Gasteiger partial charge in [-0.15, -0.1) is 0 Å². The van der Waals surface area contributed by atoms with Crippen LogP contribution < -0.4 is 5.32 Å². The Morgan fingerprint density at radius 3 is 3.11 bits per heavy atom. The number of rotatable bonds is 4. The standard InChI is InChI=1S/C13H16N4O/c1-2-4-13(17-10-14-9-16-17)12(3-1)15-7-11-5-6-18-8-11/h1-4,9-11,15H,5-8H2. The van der Waals surface area contributed by atoms with Crippen molar-refractivity contribution in [3.05, 3.63) is 36.9 Å². The van der Waals surface area contributed by atoms with E-state index in [0.29, 0.717) is 5.92 Å². The summed E-state index contributed by atoms with van der Waals surface area (Å²) in [5.41, 5.74) is 2.10. The van der Waals surface area contributed by atoms with Gasteiger partial charge in [-0.25, -0.2) is 9.67 Å². The predicted octanol–water partition coefficient (Wildman–Crippen LogP) is 1.72. The minimum absolute atomic E-state index is 0.605. The Hall–Kier alpha value is -1.88. The van der Waals surface area contributed by atoms with Crippen LogP contribution in [0.5, 0.6) is 0 Å². The number of benzene rings is 1. The van der Waals surface area contributed by atoms with Gasteiger partial charge in [-0.2, -0.15) is 5.10 Å². The topological polar surface area (TPSA) is 52.0 Å². The van der Waals surface area contributed by atoms with Crippen molar-refractivity contribution in [2.24, 2.45) is 5.92 Å². The van der Waals surface area contributed by atoms with Crippen LogP contribution in [-0.4, -0.2) is 34.5 Å². The number of anilines is 1. The Labute approximate surface area is 106 Å². The van der Waals surface area contributed by atoms with Crippen molar-refractivity contribution in [3.8, 4) is 5.69 Å². The number of para-hydroxylation sites is 2. The molecule has 0 spiro atoms. The van der Waals surface area contributed by atoms with Crippen molar-refractivity contribution in [2.75, 3.05) is 25.1 Å². The molecule has 1 fully saturated rings. The summed E-state index contributed by atoms with van der Waals surface area (Å²) in [7, 11) is 0. The van der Waals surface area contributed by atoms with Crippen LogP contribution in [-0.2, 0) is 4.74 Å². The summed E-state index contributed by atoms with van der Waals surface area (Å²) >= 11 is 0. The first-order chi connectivity index (χ1) is 8.93. The second-order valence-electron chi connectivity index (χ2n) is 4.47. The summed E-state index contributed by atoms with van der Waals surface area (Å²) in [5.74, 6) is 0.605. The highest BCUT2D eigenvalue weighted by molar-refractivity contribution is 5.60. The van der Waals surface area contributed by atoms with Gasteiger partial charge >= 0.3 is 0 Å². The zero-order valence-corrected chi connectivity index (χ0v) is 10.1. The molecule has 3 rings (SSSR count).